The van der Waals surface area contributed by atoms with Gasteiger partial charge >= 0.3 is 0 Å². The maximum atomic E-state index is 12.3. The summed E-state index contributed by atoms with van der Waals surface area (Å²) in [6.45, 7) is 4.17. The Balaban J connectivity index is 2.05. The van der Waals surface area contributed by atoms with Crippen molar-refractivity contribution in [1.82, 2.24) is 14.8 Å². The molecule has 5 nitrogen and oxygen atoms in total. The van der Waals surface area contributed by atoms with Crippen LogP contribution >= 0.6 is 0 Å². The molecule has 0 bridgehead atoms. The van der Waals surface area contributed by atoms with E-state index < -0.39 is 0 Å². The summed E-state index contributed by atoms with van der Waals surface area (Å²) in [5.41, 5.74) is 3.51. The number of carbonyl (C=O) groups excluding carboxylic acids is 1. The maximum Gasteiger partial charge on any atom is 0.175 e. The fraction of sp³-hybridized carbons (Fsp3) is 0.182. The molecule has 27 heavy (non-hydrogen) atoms. The van der Waals surface area contributed by atoms with Crippen LogP contribution in [0.2, 0.25) is 0 Å². The molecule has 0 saturated heterocycles. The van der Waals surface area contributed by atoms with E-state index in [0.29, 0.717) is 12.2 Å². The molecule has 0 aliphatic rings. The SMILES string of the molecule is CC(C)C(=O)/C(C#N)=C/c1cn(Cc2ccccc2)nc1-c1cccnc1. The van der Waals surface area contributed by atoms with E-state index in [0.717, 1.165) is 16.7 Å². The van der Waals surface area contributed by atoms with Crippen LogP contribution in [0, 0.1) is 17.2 Å². The monoisotopic (exact) mass is 356 g/mol. The first kappa shape index (κ1) is 18.3. The van der Waals surface area contributed by atoms with Gasteiger partial charge in [-0.05, 0) is 23.8 Å². The first-order valence-electron chi connectivity index (χ1n) is 8.76. The topological polar surface area (TPSA) is 71.6 Å². The van der Waals surface area contributed by atoms with Gasteiger partial charge in [0.15, 0.2) is 5.78 Å². The van der Waals surface area contributed by atoms with Crippen LogP contribution in [0.5, 0.6) is 0 Å². The van der Waals surface area contributed by atoms with E-state index in [9.17, 15) is 10.1 Å². The third-order valence-electron chi connectivity index (χ3n) is 4.12. The van der Waals surface area contributed by atoms with Crippen LogP contribution in [0.25, 0.3) is 17.3 Å². The molecule has 0 aliphatic heterocycles. The van der Waals surface area contributed by atoms with Gasteiger partial charge in [0.25, 0.3) is 0 Å². The van der Waals surface area contributed by atoms with Gasteiger partial charge in [0.05, 0.1) is 12.1 Å². The number of carbonyl (C=O) groups is 1. The highest BCUT2D eigenvalue weighted by atomic mass is 16.1. The van der Waals surface area contributed by atoms with Crippen molar-refractivity contribution in [3.8, 4) is 17.3 Å². The summed E-state index contributed by atoms with van der Waals surface area (Å²) >= 11 is 0. The molecule has 0 N–H and O–H groups in total. The van der Waals surface area contributed by atoms with Crippen LogP contribution in [0.15, 0.2) is 66.6 Å². The van der Waals surface area contributed by atoms with Gasteiger partial charge in [-0.1, -0.05) is 44.2 Å². The average Bonchev–Trinajstić information content (AvgIpc) is 3.09. The van der Waals surface area contributed by atoms with Crippen molar-refractivity contribution in [3.63, 3.8) is 0 Å². The maximum absolute atomic E-state index is 12.3. The molecular formula is C22H20N4O. The van der Waals surface area contributed by atoms with Crippen molar-refractivity contribution in [2.75, 3.05) is 0 Å². The minimum atomic E-state index is -0.239. The van der Waals surface area contributed by atoms with Gasteiger partial charge in [0.1, 0.15) is 11.8 Å². The molecule has 0 amide bonds. The van der Waals surface area contributed by atoms with Gasteiger partial charge < -0.3 is 0 Å². The Bertz CT molecular complexity index is 996. The third kappa shape index (κ3) is 4.36. The average molecular weight is 356 g/mol. The van der Waals surface area contributed by atoms with E-state index in [2.05, 4.69) is 10.1 Å². The Kier molecular flexibility index (Phi) is 5.58. The second-order valence-electron chi connectivity index (χ2n) is 6.55. The molecule has 2 aromatic heterocycles. The van der Waals surface area contributed by atoms with Gasteiger partial charge in [-0.2, -0.15) is 10.4 Å². The van der Waals surface area contributed by atoms with Crippen molar-refractivity contribution >= 4 is 11.9 Å². The molecular weight excluding hydrogens is 336 g/mol. The summed E-state index contributed by atoms with van der Waals surface area (Å²) in [6.07, 6.45) is 6.91. The fourth-order valence-electron chi connectivity index (χ4n) is 2.75. The van der Waals surface area contributed by atoms with Crippen molar-refractivity contribution in [2.45, 2.75) is 20.4 Å². The Hall–Kier alpha value is -3.52. The molecule has 1 aromatic carbocycles. The third-order valence-corrected chi connectivity index (χ3v) is 4.12. The number of hydrogen-bond donors (Lipinski definition) is 0. The van der Waals surface area contributed by atoms with Crippen LogP contribution in [-0.4, -0.2) is 20.5 Å². The predicted molar refractivity (Wildman–Crippen MR) is 104 cm³/mol. The molecule has 0 aliphatic carbocycles. The molecule has 134 valence electrons. The van der Waals surface area contributed by atoms with Gasteiger partial charge in [-0.15, -0.1) is 0 Å². The predicted octanol–water partition coefficient (Wildman–Crippen LogP) is 4.13. The van der Waals surface area contributed by atoms with E-state index in [1.165, 1.54) is 0 Å². The van der Waals surface area contributed by atoms with E-state index in [4.69, 9.17) is 0 Å². The molecule has 0 radical (unpaired) electrons. The zero-order chi connectivity index (χ0) is 19.2. The Labute approximate surface area is 158 Å². The molecule has 0 saturated carbocycles. The molecule has 0 unspecified atom stereocenters. The lowest BCUT2D eigenvalue weighted by molar-refractivity contribution is -0.117. The number of Topliss-reactive ketones (excluding diaryl/α,β-unsaturated/α-hetero) is 1. The van der Waals surface area contributed by atoms with E-state index in [1.807, 2.05) is 59.4 Å². The molecule has 2 heterocycles. The van der Waals surface area contributed by atoms with Gasteiger partial charge in [-0.3, -0.25) is 14.5 Å². The van der Waals surface area contributed by atoms with Crippen LogP contribution < -0.4 is 0 Å². The molecule has 5 heteroatoms. The van der Waals surface area contributed by atoms with Crippen LogP contribution in [-0.2, 0) is 11.3 Å². The smallest absolute Gasteiger partial charge is 0.175 e. The Morgan fingerprint density at radius 2 is 2.00 bits per heavy atom. The molecule has 3 rings (SSSR count). The first-order valence-corrected chi connectivity index (χ1v) is 8.76. The van der Waals surface area contributed by atoms with Crippen molar-refractivity contribution < 1.29 is 4.79 Å². The fourth-order valence-corrected chi connectivity index (χ4v) is 2.75. The number of ketones is 1. The summed E-state index contributed by atoms with van der Waals surface area (Å²) in [7, 11) is 0. The minimum Gasteiger partial charge on any atom is -0.293 e. The van der Waals surface area contributed by atoms with E-state index >= 15 is 0 Å². The normalized spacial score (nSPS) is 11.4. The lowest BCUT2D eigenvalue weighted by Gasteiger charge is -2.02. The second-order valence-corrected chi connectivity index (χ2v) is 6.55. The lowest BCUT2D eigenvalue weighted by atomic mass is 9.99. The number of hydrogen-bond acceptors (Lipinski definition) is 4. The lowest BCUT2D eigenvalue weighted by Crippen LogP contribution is -2.08. The van der Waals surface area contributed by atoms with Crippen molar-refractivity contribution in [1.29, 1.82) is 5.26 Å². The molecule has 0 fully saturated rings. The number of pyridine rings is 1. The second kappa shape index (κ2) is 8.24. The van der Waals surface area contributed by atoms with Crippen molar-refractivity contribution in [2.24, 2.45) is 5.92 Å². The summed E-state index contributed by atoms with van der Waals surface area (Å²) in [4.78, 5) is 16.4. The van der Waals surface area contributed by atoms with E-state index in [1.54, 1.807) is 32.3 Å². The molecule has 0 spiro atoms. The standard InChI is InChI=1S/C22H20N4O/c1-16(2)22(27)19(12-23)11-20-15-26(14-17-7-4-3-5-8-17)25-21(20)18-9-6-10-24-13-18/h3-11,13,15-16H,14H2,1-2H3/b19-11+. The summed E-state index contributed by atoms with van der Waals surface area (Å²) in [5.74, 6) is -0.414. The number of nitrogens with zero attached hydrogens (tertiary/aromatic N) is 4. The zero-order valence-corrected chi connectivity index (χ0v) is 15.3. The van der Waals surface area contributed by atoms with Crippen LogP contribution in [0.1, 0.15) is 25.0 Å². The summed E-state index contributed by atoms with van der Waals surface area (Å²) < 4.78 is 1.82. The Morgan fingerprint density at radius 3 is 2.63 bits per heavy atom. The quantitative estimate of drug-likeness (QED) is 0.492. The number of benzene rings is 1. The van der Waals surface area contributed by atoms with Gasteiger partial charge in [0.2, 0.25) is 0 Å². The largest absolute Gasteiger partial charge is 0.293 e. The van der Waals surface area contributed by atoms with Crippen LogP contribution in [0.3, 0.4) is 0 Å². The highest BCUT2D eigenvalue weighted by molar-refractivity contribution is 6.04. The van der Waals surface area contributed by atoms with Crippen LogP contribution in [0.4, 0.5) is 0 Å². The van der Waals surface area contributed by atoms with Gasteiger partial charge in [0, 0.05) is 35.6 Å². The molecule has 3 aromatic rings. The zero-order valence-electron chi connectivity index (χ0n) is 15.3. The highest BCUT2D eigenvalue weighted by Crippen LogP contribution is 2.24. The van der Waals surface area contributed by atoms with Crippen molar-refractivity contribution in [3.05, 3.63) is 77.8 Å². The highest BCUT2D eigenvalue weighted by Gasteiger charge is 2.16. The number of aromatic nitrogens is 3. The molecule has 0 atom stereocenters. The number of nitriles is 1. The summed E-state index contributed by atoms with van der Waals surface area (Å²) in [5, 5.41) is 14.1. The Morgan fingerprint density at radius 1 is 1.22 bits per heavy atom. The van der Waals surface area contributed by atoms with Gasteiger partial charge in [-0.25, -0.2) is 0 Å². The summed E-state index contributed by atoms with van der Waals surface area (Å²) in [6, 6.07) is 15.8. The minimum absolute atomic E-state index is 0.134. The number of rotatable bonds is 6. The first-order chi connectivity index (χ1) is 13.1. The van der Waals surface area contributed by atoms with E-state index in [-0.39, 0.29) is 17.3 Å². The number of allylic oxidation sites excluding steroid dienone is 1.